The first-order chi connectivity index (χ1) is 8.31. The van der Waals surface area contributed by atoms with Gasteiger partial charge in [-0.2, -0.15) is 0 Å². The fraction of sp³-hybridized carbons (Fsp3) is 0.500. The topological polar surface area (TPSA) is 122 Å². The van der Waals surface area contributed by atoms with Crippen molar-refractivity contribution in [2.45, 2.75) is 19.4 Å². The molecular formula is C10H14N2O6. The van der Waals surface area contributed by atoms with Crippen molar-refractivity contribution >= 4 is 11.9 Å². The molecule has 0 aromatic carbocycles. The molecule has 100 valence electrons. The summed E-state index contributed by atoms with van der Waals surface area (Å²) in [5.41, 5.74) is -2.01. The number of nitrogens with one attached hydrogen (secondary N) is 1. The molecule has 0 radical (unpaired) electrons. The molecule has 0 aliphatic rings. The second kappa shape index (κ2) is 5.50. The minimum atomic E-state index is -2.01. The first-order valence-electron chi connectivity index (χ1n) is 5.10. The molecule has 0 bridgehead atoms. The number of carboxylic acids is 1. The molecule has 8 heteroatoms. The van der Waals surface area contributed by atoms with Crippen LogP contribution < -0.4 is 10.1 Å². The number of rotatable bonds is 6. The summed E-state index contributed by atoms with van der Waals surface area (Å²) in [6.07, 6.45) is 0. The van der Waals surface area contributed by atoms with E-state index in [0.717, 1.165) is 6.92 Å². The van der Waals surface area contributed by atoms with Gasteiger partial charge in [-0.3, -0.25) is 4.79 Å². The van der Waals surface area contributed by atoms with Gasteiger partial charge in [0.2, 0.25) is 0 Å². The van der Waals surface area contributed by atoms with E-state index in [0.29, 0.717) is 5.76 Å². The van der Waals surface area contributed by atoms with E-state index in [1.54, 1.807) is 6.92 Å². The third-order valence-electron chi connectivity index (χ3n) is 2.05. The summed E-state index contributed by atoms with van der Waals surface area (Å²) in [6.45, 7) is 1.99. The van der Waals surface area contributed by atoms with Crippen LogP contribution in [0.3, 0.4) is 0 Å². The Morgan fingerprint density at radius 2 is 2.28 bits per heavy atom. The number of carbonyl (C=O) groups is 2. The normalized spacial score (nSPS) is 13.7. The highest BCUT2D eigenvalue weighted by molar-refractivity contribution is 5.80. The molecule has 0 saturated heterocycles. The molecule has 1 aromatic rings. The number of amides is 1. The first-order valence-corrected chi connectivity index (χ1v) is 5.10. The highest BCUT2D eigenvalue weighted by atomic mass is 16.5. The number of aryl methyl sites for hydroxylation is 1. The van der Waals surface area contributed by atoms with Gasteiger partial charge in [0, 0.05) is 6.07 Å². The standard InChI is InChI=1S/C10H14N2O6/c1-6-3-8(12-18-6)17-4-7(13)11-5-10(2,16)9(14)15/h3,16H,4-5H2,1-2H3,(H,11,13)(H,14,15). The van der Waals surface area contributed by atoms with E-state index < -0.39 is 24.0 Å². The van der Waals surface area contributed by atoms with Crippen LogP contribution in [-0.2, 0) is 9.59 Å². The van der Waals surface area contributed by atoms with Crippen LogP contribution in [0.15, 0.2) is 10.6 Å². The summed E-state index contributed by atoms with van der Waals surface area (Å²) < 4.78 is 9.69. The highest BCUT2D eigenvalue weighted by Crippen LogP contribution is 2.09. The summed E-state index contributed by atoms with van der Waals surface area (Å²) in [7, 11) is 0. The number of aliphatic hydroxyl groups is 1. The number of ether oxygens (including phenoxy) is 1. The maximum absolute atomic E-state index is 11.3. The zero-order valence-corrected chi connectivity index (χ0v) is 9.97. The molecule has 0 aliphatic heterocycles. The second-order valence-electron chi connectivity index (χ2n) is 3.92. The number of aromatic nitrogens is 1. The number of hydrogen-bond donors (Lipinski definition) is 3. The van der Waals surface area contributed by atoms with Crippen LogP contribution in [0.5, 0.6) is 5.88 Å². The third-order valence-corrected chi connectivity index (χ3v) is 2.05. The Morgan fingerprint density at radius 1 is 1.61 bits per heavy atom. The predicted octanol–water partition coefficient (Wildman–Crippen LogP) is -0.686. The summed E-state index contributed by atoms with van der Waals surface area (Å²) >= 11 is 0. The van der Waals surface area contributed by atoms with E-state index in [1.165, 1.54) is 6.07 Å². The van der Waals surface area contributed by atoms with Crippen molar-refractivity contribution in [1.29, 1.82) is 0 Å². The molecule has 1 heterocycles. The molecule has 1 atom stereocenters. The first kappa shape index (κ1) is 14.0. The lowest BCUT2D eigenvalue weighted by atomic mass is 10.1. The third kappa shape index (κ3) is 4.06. The van der Waals surface area contributed by atoms with Gasteiger partial charge in [-0.1, -0.05) is 0 Å². The molecule has 1 rings (SSSR count). The van der Waals surface area contributed by atoms with Crippen molar-refractivity contribution < 1.29 is 29.1 Å². The number of carbonyl (C=O) groups excluding carboxylic acids is 1. The molecule has 8 nitrogen and oxygen atoms in total. The van der Waals surface area contributed by atoms with Gasteiger partial charge in [0.1, 0.15) is 5.76 Å². The van der Waals surface area contributed by atoms with Gasteiger partial charge in [-0.05, 0) is 19.0 Å². The van der Waals surface area contributed by atoms with Gasteiger partial charge in [0.15, 0.2) is 12.2 Å². The monoisotopic (exact) mass is 258 g/mol. The van der Waals surface area contributed by atoms with Crippen molar-refractivity contribution in [2.75, 3.05) is 13.2 Å². The Hall–Kier alpha value is -2.09. The van der Waals surface area contributed by atoms with Crippen LogP contribution in [0.1, 0.15) is 12.7 Å². The molecule has 3 N–H and O–H groups in total. The lowest BCUT2D eigenvalue weighted by Gasteiger charge is -2.18. The van der Waals surface area contributed by atoms with Gasteiger partial charge < -0.3 is 24.8 Å². The molecule has 18 heavy (non-hydrogen) atoms. The van der Waals surface area contributed by atoms with Crippen LogP contribution in [0.25, 0.3) is 0 Å². The van der Waals surface area contributed by atoms with Gasteiger partial charge >= 0.3 is 5.97 Å². The van der Waals surface area contributed by atoms with Gasteiger partial charge in [0.25, 0.3) is 11.8 Å². The Balaban J connectivity index is 2.32. The zero-order chi connectivity index (χ0) is 13.8. The van der Waals surface area contributed by atoms with Gasteiger partial charge in [-0.25, -0.2) is 4.79 Å². The van der Waals surface area contributed by atoms with Gasteiger partial charge in [0.05, 0.1) is 6.54 Å². The maximum atomic E-state index is 11.3. The fourth-order valence-corrected chi connectivity index (χ4v) is 0.948. The lowest BCUT2D eigenvalue weighted by Crippen LogP contribution is -2.47. The Bertz CT molecular complexity index is 439. The molecule has 1 amide bonds. The quantitative estimate of drug-likeness (QED) is 0.617. The molecule has 0 fully saturated rings. The molecule has 1 unspecified atom stereocenters. The summed E-state index contributed by atoms with van der Waals surface area (Å²) in [5.74, 6) is -1.29. The van der Waals surface area contributed by atoms with Crippen molar-refractivity contribution in [1.82, 2.24) is 10.5 Å². The molecule has 1 aromatic heterocycles. The summed E-state index contributed by atoms with van der Waals surface area (Å²) in [6, 6.07) is 1.50. The fourth-order valence-electron chi connectivity index (χ4n) is 0.948. The summed E-state index contributed by atoms with van der Waals surface area (Å²) in [5, 5.41) is 23.7. The number of aliphatic carboxylic acids is 1. The zero-order valence-electron chi connectivity index (χ0n) is 9.97. The average Bonchev–Trinajstić information content (AvgIpc) is 2.69. The predicted molar refractivity (Wildman–Crippen MR) is 58.0 cm³/mol. The van der Waals surface area contributed by atoms with E-state index in [-0.39, 0.29) is 12.5 Å². The number of carboxylic acid groups (broad SMARTS) is 1. The average molecular weight is 258 g/mol. The van der Waals surface area contributed by atoms with Crippen LogP contribution in [0.4, 0.5) is 0 Å². The van der Waals surface area contributed by atoms with Crippen molar-refractivity contribution in [3.05, 3.63) is 11.8 Å². The number of hydrogen-bond acceptors (Lipinski definition) is 6. The SMILES string of the molecule is Cc1cc(OCC(=O)NCC(C)(O)C(=O)O)no1. The second-order valence-corrected chi connectivity index (χ2v) is 3.92. The van der Waals surface area contributed by atoms with Crippen molar-refractivity contribution in [3.63, 3.8) is 0 Å². The van der Waals surface area contributed by atoms with Crippen molar-refractivity contribution in [3.8, 4) is 5.88 Å². The van der Waals surface area contributed by atoms with Crippen molar-refractivity contribution in [2.24, 2.45) is 0 Å². The van der Waals surface area contributed by atoms with E-state index >= 15 is 0 Å². The molecular weight excluding hydrogens is 244 g/mol. The van der Waals surface area contributed by atoms with Crippen LogP contribution >= 0.6 is 0 Å². The van der Waals surface area contributed by atoms with Crippen LogP contribution in [-0.4, -0.2) is 46.0 Å². The molecule has 0 saturated carbocycles. The minimum Gasteiger partial charge on any atom is -0.479 e. The van der Waals surface area contributed by atoms with Crippen LogP contribution in [0.2, 0.25) is 0 Å². The van der Waals surface area contributed by atoms with E-state index in [9.17, 15) is 14.7 Å². The van der Waals surface area contributed by atoms with E-state index in [4.69, 9.17) is 14.4 Å². The highest BCUT2D eigenvalue weighted by Gasteiger charge is 2.30. The lowest BCUT2D eigenvalue weighted by molar-refractivity contribution is -0.156. The Labute approximate surface area is 103 Å². The largest absolute Gasteiger partial charge is 0.479 e. The Kier molecular flexibility index (Phi) is 4.27. The maximum Gasteiger partial charge on any atom is 0.337 e. The van der Waals surface area contributed by atoms with E-state index in [1.807, 2.05) is 0 Å². The minimum absolute atomic E-state index is 0.160. The van der Waals surface area contributed by atoms with Gasteiger partial charge in [-0.15, -0.1) is 0 Å². The molecule has 0 spiro atoms. The Morgan fingerprint density at radius 3 is 2.78 bits per heavy atom. The van der Waals surface area contributed by atoms with E-state index in [2.05, 4.69) is 10.5 Å². The van der Waals surface area contributed by atoms with Crippen LogP contribution in [0, 0.1) is 6.92 Å². The molecule has 0 aliphatic carbocycles. The smallest absolute Gasteiger partial charge is 0.337 e. The number of nitrogens with zero attached hydrogens (tertiary/aromatic N) is 1. The summed E-state index contributed by atoms with van der Waals surface area (Å²) in [4.78, 5) is 21.9.